The highest BCUT2D eigenvalue weighted by Gasteiger charge is 2.25. The summed E-state index contributed by atoms with van der Waals surface area (Å²) in [5.74, 6) is -0.263. The van der Waals surface area contributed by atoms with Gasteiger partial charge in [-0.1, -0.05) is 30.3 Å². The van der Waals surface area contributed by atoms with E-state index in [9.17, 15) is 9.18 Å². The second-order valence-corrected chi connectivity index (χ2v) is 6.97. The summed E-state index contributed by atoms with van der Waals surface area (Å²) in [6.07, 6.45) is -0.387. The van der Waals surface area contributed by atoms with Crippen LogP contribution < -0.4 is 4.74 Å². The first kappa shape index (κ1) is 17.7. The Kier molecular flexibility index (Phi) is 5.18. The number of esters is 1. The van der Waals surface area contributed by atoms with E-state index >= 15 is 0 Å². The van der Waals surface area contributed by atoms with Gasteiger partial charge in [0.15, 0.2) is 0 Å². The van der Waals surface area contributed by atoms with Gasteiger partial charge in [-0.25, -0.2) is 4.39 Å². The van der Waals surface area contributed by atoms with E-state index in [1.807, 2.05) is 47.2 Å². The number of carbonyl (C=O) groups is 1. The van der Waals surface area contributed by atoms with E-state index in [1.54, 1.807) is 0 Å². The topological polar surface area (TPSA) is 44.8 Å². The number of benzene rings is 2. The maximum Gasteiger partial charge on any atom is 0.310 e. The monoisotopic (exact) mass is 384 g/mol. The number of ether oxygens (including phenoxy) is 3. The highest BCUT2D eigenvalue weighted by molar-refractivity contribution is 7.07. The van der Waals surface area contributed by atoms with Crippen LogP contribution in [-0.4, -0.2) is 5.97 Å². The van der Waals surface area contributed by atoms with Crippen LogP contribution in [0.5, 0.6) is 5.75 Å². The maximum atomic E-state index is 14.0. The fourth-order valence-electron chi connectivity index (χ4n) is 2.93. The SMILES string of the molecule is O=C(Cc1ccsc1)OCc1cc(F)cc2c1O[C@@H](c1ccccc1)OC2. The molecule has 0 radical (unpaired) electrons. The molecule has 1 aliphatic rings. The minimum absolute atomic E-state index is 0.0510. The zero-order chi connectivity index (χ0) is 18.6. The Labute approximate surface area is 160 Å². The van der Waals surface area contributed by atoms with Crippen LogP contribution >= 0.6 is 11.3 Å². The number of hydrogen-bond donors (Lipinski definition) is 0. The van der Waals surface area contributed by atoms with E-state index in [1.165, 1.54) is 23.5 Å². The molecule has 0 fully saturated rings. The van der Waals surface area contributed by atoms with Crippen molar-refractivity contribution in [3.8, 4) is 5.75 Å². The highest BCUT2D eigenvalue weighted by atomic mass is 32.1. The van der Waals surface area contributed by atoms with Gasteiger partial charge < -0.3 is 14.2 Å². The lowest BCUT2D eigenvalue weighted by Crippen LogP contribution is -2.20. The Balaban J connectivity index is 1.50. The molecular weight excluding hydrogens is 367 g/mol. The molecule has 0 spiro atoms. The van der Waals surface area contributed by atoms with Crippen LogP contribution in [0.2, 0.25) is 0 Å². The van der Waals surface area contributed by atoms with E-state index in [-0.39, 0.29) is 25.6 Å². The number of fused-ring (bicyclic) bond motifs is 1. The van der Waals surface area contributed by atoms with Crippen LogP contribution in [0.25, 0.3) is 0 Å². The Hall–Kier alpha value is -2.70. The molecule has 2 aromatic carbocycles. The van der Waals surface area contributed by atoms with E-state index in [4.69, 9.17) is 14.2 Å². The summed E-state index contributed by atoms with van der Waals surface area (Å²) in [7, 11) is 0. The molecule has 27 heavy (non-hydrogen) atoms. The molecule has 0 bridgehead atoms. The van der Waals surface area contributed by atoms with Crippen LogP contribution in [-0.2, 0) is 33.9 Å². The normalized spacial score (nSPS) is 15.7. The van der Waals surface area contributed by atoms with Gasteiger partial charge in [-0.3, -0.25) is 4.79 Å². The fraction of sp³-hybridized carbons (Fsp3) is 0.190. The van der Waals surface area contributed by atoms with Gasteiger partial charge in [-0.2, -0.15) is 11.3 Å². The van der Waals surface area contributed by atoms with Crippen molar-refractivity contribution in [3.05, 3.63) is 87.4 Å². The predicted molar refractivity (Wildman–Crippen MR) is 98.8 cm³/mol. The van der Waals surface area contributed by atoms with Gasteiger partial charge in [0.2, 0.25) is 6.29 Å². The molecule has 138 valence electrons. The molecule has 0 N–H and O–H groups in total. The van der Waals surface area contributed by atoms with Crippen LogP contribution in [0, 0.1) is 5.82 Å². The zero-order valence-electron chi connectivity index (χ0n) is 14.4. The van der Waals surface area contributed by atoms with Crippen molar-refractivity contribution >= 4 is 17.3 Å². The Morgan fingerprint density at radius 2 is 2.07 bits per heavy atom. The number of hydrogen-bond acceptors (Lipinski definition) is 5. The van der Waals surface area contributed by atoms with Crippen molar-refractivity contribution in [1.82, 2.24) is 0 Å². The van der Waals surface area contributed by atoms with Crippen molar-refractivity contribution in [2.24, 2.45) is 0 Å². The van der Waals surface area contributed by atoms with Crippen LogP contribution in [0.15, 0.2) is 59.3 Å². The van der Waals surface area contributed by atoms with E-state index in [2.05, 4.69) is 0 Å². The molecule has 4 rings (SSSR count). The van der Waals surface area contributed by atoms with Gasteiger partial charge in [0.25, 0.3) is 0 Å². The van der Waals surface area contributed by atoms with Crippen molar-refractivity contribution in [1.29, 1.82) is 0 Å². The van der Waals surface area contributed by atoms with Crippen LogP contribution in [0.3, 0.4) is 0 Å². The molecular formula is C21H17FO4S. The first-order chi connectivity index (χ1) is 13.2. The number of carbonyl (C=O) groups excluding carboxylic acids is 1. The zero-order valence-corrected chi connectivity index (χ0v) is 15.2. The predicted octanol–water partition coefficient (Wildman–Crippen LogP) is 4.78. The lowest BCUT2D eigenvalue weighted by atomic mass is 10.1. The minimum atomic E-state index is -0.579. The fourth-order valence-corrected chi connectivity index (χ4v) is 3.60. The summed E-state index contributed by atoms with van der Waals surface area (Å²) < 4.78 is 31.0. The Bertz CT molecular complexity index is 925. The van der Waals surface area contributed by atoms with Crippen molar-refractivity contribution in [2.75, 3.05) is 0 Å². The second kappa shape index (κ2) is 7.90. The summed E-state index contributed by atoms with van der Waals surface area (Å²) in [6, 6.07) is 14.1. The maximum absolute atomic E-state index is 14.0. The molecule has 1 aliphatic heterocycles. The first-order valence-corrected chi connectivity index (χ1v) is 9.44. The second-order valence-electron chi connectivity index (χ2n) is 6.19. The van der Waals surface area contributed by atoms with Crippen molar-refractivity contribution < 1.29 is 23.4 Å². The lowest BCUT2D eigenvalue weighted by molar-refractivity contribution is -0.144. The third-order valence-electron chi connectivity index (χ3n) is 4.21. The third-order valence-corrected chi connectivity index (χ3v) is 4.94. The molecule has 3 aromatic rings. The smallest absolute Gasteiger partial charge is 0.310 e. The van der Waals surface area contributed by atoms with Crippen LogP contribution in [0.1, 0.15) is 28.5 Å². The van der Waals surface area contributed by atoms with Gasteiger partial charge in [-0.15, -0.1) is 0 Å². The Morgan fingerprint density at radius 1 is 1.22 bits per heavy atom. The summed E-state index contributed by atoms with van der Waals surface area (Å²) in [5, 5.41) is 3.80. The Morgan fingerprint density at radius 3 is 2.85 bits per heavy atom. The molecule has 0 saturated heterocycles. The molecule has 4 nitrogen and oxygen atoms in total. The van der Waals surface area contributed by atoms with E-state index in [0.717, 1.165) is 11.1 Å². The van der Waals surface area contributed by atoms with Gasteiger partial charge in [-0.05, 0) is 34.5 Å². The van der Waals surface area contributed by atoms with Gasteiger partial charge in [0, 0.05) is 16.7 Å². The largest absolute Gasteiger partial charge is 0.460 e. The molecule has 0 aliphatic carbocycles. The summed E-state index contributed by atoms with van der Waals surface area (Å²) in [6.45, 7) is 0.174. The minimum Gasteiger partial charge on any atom is -0.460 e. The number of thiophene rings is 1. The van der Waals surface area contributed by atoms with E-state index in [0.29, 0.717) is 16.9 Å². The van der Waals surface area contributed by atoms with Gasteiger partial charge >= 0.3 is 5.97 Å². The average Bonchev–Trinajstić information content (AvgIpc) is 3.19. The molecule has 0 amide bonds. The third kappa shape index (κ3) is 4.18. The summed E-state index contributed by atoms with van der Waals surface area (Å²) >= 11 is 1.52. The van der Waals surface area contributed by atoms with Crippen molar-refractivity contribution in [3.63, 3.8) is 0 Å². The molecule has 1 atom stereocenters. The quantitative estimate of drug-likeness (QED) is 0.594. The van der Waals surface area contributed by atoms with Gasteiger partial charge in [0.05, 0.1) is 13.0 Å². The summed E-state index contributed by atoms with van der Waals surface area (Å²) in [4.78, 5) is 12.0. The van der Waals surface area contributed by atoms with Crippen LogP contribution in [0.4, 0.5) is 4.39 Å². The first-order valence-electron chi connectivity index (χ1n) is 8.50. The lowest BCUT2D eigenvalue weighted by Gasteiger charge is -2.28. The van der Waals surface area contributed by atoms with Gasteiger partial charge in [0.1, 0.15) is 18.2 Å². The molecule has 0 unspecified atom stereocenters. The standard InChI is InChI=1S/C21H17FO4S/c22-18-9-16(11-24-19(23)8-14-6-7-27-13-14)20-17(10-18)12-25-21(26-20)15-4-2-1-3-5-15/h1-7,9-10,13,21H,8,11-12H2/t21-/m0/s1. The summed E-state index contributed by atoms with van der Waals surface area (Å²) in [5.41, 5.74) is 2.87. The highest BCUT2D eigenvalue weighted by Crippen LogP contribution is 2.36. The average molecular weight is 384 g/mol. The molecule has 1 aromatic heterocycles. The number of halogens is 1. The molecule has 6 heteroatoms. The number of rotatable bonds is 5. The molecule has 2 heterocycles. The molecule has 0 saturated carbocycles. The van der Waals surface area contributed by atoms with Crippen molar-refractivity contribution in [2.45, 2.75) is 25.9 Å². The van der Waals surface area contributed by atoms with E-state index < -0.39 is 12.1 Å².